The number of carbonyl (C=O) groups excluding carboxylic acids is 1. The topological polar surface area (TPSA) is 84.8 Å². The molecule has 0 bridgehead atoms. The van der Waals surface area contributed by atoms with Gasteiger partial charge in [-0.15, -0.1) is 0 Å². The number of ether oxygens (including phenoxy) is 2. The lowest BCUT2D eigenvalue weighted by Gasteiger charge is -2.33. The molecule has 5 rings (SSSR count). The van der Waals surface area contributed by atoms with Crippen molar-refractivity contribution in [3.8, 4) is 5.75 Å². The molecular weight excluding hydrogens is 466 g/mol. The van der Waals surface area contributed by atoms with Gasteiger partial charge in [-0.3, -0.25) is 4.79 Å². The third-order valence-corrected chi connectivity index (χ3v) is 8.05. The van der Waals surface area contributed by atoms with Gasteiger partial charge in [0.2, 0.25) is 0 Å². The zero-order valence-corrected chi connectivity index (χ0v) is 22.2. The normalized spacial score (nSPS) is 23.9. The summed E-state index contributed by atoms with van der Waals surface area (Å²) in [6.07, 6.45) is 5.96. The van der Waals surface area contributed by atoms with E-state index in [1.165, 1.54) is 11.3 Å². The van der Waals surface area contributed by atoms with Crippen LogP contribution < -0.4 is 15.4 Å². The first-order chi connectivity index (χ1) is 17.8. The smallest absolute Gasteiger partial charge is 0.255 e. The van der Waals surface area contributed by atoms with Gasteiger partial charge in [0.05, 0.1) is 11.7 Å². The van der Waals surface area contributed by atoms with Crippen LogP contribution in [0, 0.1) is 6.92 Å². The maximum atomic E-state index is 12.9. The van der Waals surface area contributed by atoms with E-state index in [-0.39, 0.29) is 12.0 Å². The second-order valence-corrected chi connectivity index (χ2v) is 10.9. The summed E-state index contributed by atoms with van der Waals surface area (Å²) in [5.41, 5.74) is 4.46. The van der Waals surface area contributed by atoms with Gasteiger partial charge in [-0.1, -0.05) is 0 Å². The monoisotopic (exact) mass is 505 g/mol. The highest BCUT2D eigenvalue weighted by atomic mass is 16.5. The minimum Gasteiger partial charge on any atom is -0.491 e. The van der Waals surface area contributed by atoms with Gasteiger partial charge in [0.15, 0.2) is 0 Å². The average molecular weight is 506 g/mol. The number of hydrogen-bond acceptors (Lipinski definition) is 5. The Bertz CT molecular complexity index is 1230. The fourth-order valence-electron chi connectivity index (χ4n) is 5.57. The van der Waals surface area contributed by atoms with Gasteiger partial charge in [0, 0.05) is 54.1 Å². The Morgan fingerprint density at radius 2 is 1.92 bits per heavy atom. The molecule has 7 nitrogen and oxygen atoms in total. The number of carbonyl (C=O) groups is 1. The van der Waals surface area contributed by atoms with Gasteiger partial charge < -0.3 is 29.8 Å². The number of aromatic nitrogens is 1. The van der Waals surface area contributed by atoms with Crippen LogP contribution >= 0.6 is 0 Å². The Hall–Kier alpha value is -2.87. The van der Waals surface area contributed by atoms with Crippen molar-refractivity contribution in [1.29, 1.82) is 0 Å². The molecule has 1 aliphatic heterocycles. The number of amides is 1. The van der Waals surface area contributed by atoms with Crippen LogP contribution in [0.4, 0.5) is 5.69 Å². The minimum atomic E-state index is -0.519. The van der Waals surface area contributed by atoms with Crippen molar-refractivity contribution in [3.63, 3.8) is 0 Å². The van der Waals surface area contributed by atoms with E-state index in [1.807, 2.05) is 25.1 Å². The first-order valence-electron chi connectivity index (χ1n) is 13.5. The zero-order valence-electron chi connectivity index (χ0n) is 22.2. The van der Waals surface area contributed by atoms with Crippen molar-refractivity contribution in [2.24, 2.45) is 7.05 Å². The van der Waals surface area contributed by atoms with Gasteiger partial charge in [-0.2, -0.15) is 0 Å². The molecule has 198 valence electrons. The highest BCUT2D eigenvalue weighted by Crippen LogP contribution is 2.30. The molecule has 2 fully saturated rings. The second-order valence-electron chi connectivity index (χ2n) is 10.9. The molecule has 7 heteroatoms. The van der Waals surface area contributed by atoms with Crippen LogP contribution in [0.1, 0.15) is 67.1 Å². The fraction of sp³-hybridized carbons (Fsp3) is 0.500. The van der Waals surface area contributed by atoms with Crippen molar-refractivity contribution < 1.29 is 19.4 Å². The number of fused-ring (bicyclic) bond motifs is 1. The standard InChI is InChI=1S/C30H39N3O4/c1-20-26-17-23(32-29(34)21-6-9-24(10-7-21)37-19-25-5-4-16-36-25)8-11-27(26)33(3)28(20)18-31-22-12-14-30(2,35)15-13-22/h6-11,17,22,25,31,35H,4-5,12-16,18-19H2,1-3H3,(H,32,34)/t22-,25-,30-/m0/s1. The Labute approximate surface area is 219 Å². The molecule has 1 aliphatic carbocycles. The number of anilines is 1. The van der Waals surface area contributed by atoms with Crippen molar-refractivity contribution in [3.05, 3.63) is 59.3 Å². The van der Waals surface area contributed by atoms with E-state index in [2.05, 4.69) is 41.3 Å². The summed E-state index contributed by atoms with van der Waals surface area (Å²) in [4.78, 5) is 12.9. The highest BCUT2D eigenvalue weighted by Gasteiger charge is 2.28. The Morgan fingerprint density at radius 3 is 2.62 bits per heavy atom. The van der Waals surface area contributed by atoms with E-state index in [4.69, 9.17) is 9.47 Å². The fourth-order valence-corrected chi connectivity index (χ4v) is 5.57. The number of hydrogen-bond donors (Lipinski definition) is 3. The van der Waals surface area contributed by atoms with Gasteiger partial charge in [-0.05, 0) is 100 Å². The minimum absolute atomic E-state index is 0.145. The molecule has 1 saturated carbocycles. The summed E-state index contributed by atoms with van der Waals surface area (Å²) in [5, 5.41) is 18.1. The largest absolute Gasteiger partial charge is 0.491 e. The first-order valence-corrected chi connectivity index (χ1v) is 13.5. The van der Waals surface area contributed by atoms with E-state index in [9.17, 15) is 9.90 Å². The summed E-state index contributed by atoms with van der Waals surface area (Å²) in [6, 6.07) is 13.8. The Morgan fingerprint density at radius 1 is 1.16 bits per heavy atom. The van der Waals surface area contributed by atoms with E-state index in [0.29, 0.717) is 18.2 Å². The summed E-state index contributed by atoms with van der Waals surface area (Å²) in [5.74, 6) is 0.599. The van der Waals surface area contributed by atoms with Gasteiger partial charge in [-0.25, -0.2) is 0 Å². The van der Waals surface area contributed by atoms with Crippen molar-refractivity contribution in [2.45, 2.75) is 76.7 Å². The average Bonchev–Trinajstić information content (AvgIpc) is 3.49. The molecule has 2 aromatic carbocycles. The van der Waals surface area contributed by atoms with Gasteiger partial charge >= 0.3 is 0 Å². The third kappa shape index (κ3) is 6.00. The molecule has 3 N–H and O–H groups in total. The predicted molar refractivity (Wildman–Crippen MR) is 146 cm³/mol. The van der Waals surface area contributed by atoms with Crippen molar-refractivity contribution in [1.82, 2.24) is 9.88 Å². The molecule has 3 aromatic rings. The molecule has 1 atom stereocenters. The molecule has 37 heavy (non-hydrogen) atoms. The summed E-state index contributed by atoms with van der Waals surface area (Å²) < 4.78 is 13.6. The SMILES string of the molecule is Cc1c(CN[C@H]2CC[C@](C)(O)CC2)n(C)c2ccc(NC(=O)c3ccc(OC[C@@H]4CCCO4)cc3)cc12. The van der Waals surface area contributed by atoms with Crippen LogP contribution in [0.2, 0.25) is 0 Å². The summed E-state index contributed by atoms with van der Waals surface area (Å²) in [7, 11) is 2.10. The number of nitrogens with zero attached hydrogens (tertiary/aromatic N) is 1. The number of rotatable bonds is 8. The second kappa shape index (κ2) is 10.9. The van der Waals surface area contributed by atoms with Crippen LogP contribution in [0.3, 0.4) is 0 Å². The zero-order chi connectivity index (χ0) is 26.0. The summed E-state index contributed by atoms with van der Waals surface area (Å²) in [6.45, 7) is 6.22. The lowest BCUT2D eigenvalue weighted by Crippen LogP contribution is -2.39. The summed E-state index contributed by atoms with van der Waals surface area (Å²) >= 11 is 0. The highest BCUT2D eigenvalue weighted by molar-refractivity contribution is 6.05. The van der Waals surface area contributed by atoms with E-state index in [1.54, 1.807) is 12.1 Å². The molecule has 1 saturated heterocycles. The number of benzene rings is 2. The van der Waals surface area contributed by atoms with Crippen LogP contribution in [-0.4, -0.2) is 46.5 Å². The van der Waals surface area contributed by atoms with E-state index in [0.717, 1.165) is 74.0 Å². The van der Waals surface area contributed by atoms with E-state index >= 15 is 0 Å². The third-order valence-electron chi connectivity index (χ3n) is 8.05. The van der Waals surface area contributed by atoms with Crippen LogP contribution in [0.15, 0.2) is 42.5 Å². The van der Waals surface area contributed by atoms with Crippen molar-refractivity contribution in [2.75, 3.05) is 18.5 Å². The number of aryl methyl sites for hydroxylation is 2. The molecular formula is C30H39N3O4. The molecule has 0 spiro atoms. The maximum absolute atomic E-state index is 12.9. The maximum Gasteiger partial charge on any atom is 0.255 e. The Balaban J connectivity index is 1.21. The molecule has 1 aromatic heterocycles. The van der Waals surface area contributed by atoms with Crippen LogP contribution in [0.25, 0.3) is 10.9 Å². The number of nitrogens with one attached hydrogen (secondary N) is 2. The van der Waals surface area contributed by atoms with Crippen LogP contribution in [-0.2, 0) is 18.3 Å². The first kappa shape index (κ1) is 25.8. The molecule has 1 amide bonds. The quantitative estimate of drug-likeness (QED) is 0.398. The molecule has 2 heterocycles. The Kier molecular flexibility index (Phi) is 7.56. The molecule has 0 radical (unpaired) electrons. The lowest BCUT2D eigenvalue weighted by atomic mass is 9.83. The predicted octanol–water partition coefficient (Wildman–Crippen LogP) is 5.08. The van der Waals surface area contributed by atoms with Gasteiger partial charge in [0.1, 0.15) is 12.4 Å². The number of aliphatic hydroxyl groups is 1. The van der Waals surface area contributed by atoms with Crippen LogP contribution in [0.5, 0.6) is 5.75 Å². The van der Waals surface area contributed by atoms with E-state index < -0.39 is 5.60 Å². The molecule has 2 aliphatic rings. The van der Waals surface area contributed by atoms with Gasteiger partial charge in [0.25, 0.3) is 5.91 Å². The molecule has 0 unspecified atom stereocenters. The van der Waals surface area contributed by atoms with Crippen molar-refractivity contribution >= 4 is 22.5 Å². The lowest BCUT2D eigenvalue weighted by molar-refractivity contribution is 0.0139.